The number of ether oxygens (including phenoxy) is 2. The van der Waals surface area contributed by atoms with Crippen molar-refractivity contribution in [1.29, 1.82) is 0 Å². The first kappa shape index (κ1) is 21.9. The molecule has 1 saturated heterocycles. The lowest BCUT2D eigenvalue weighted by Crippen LogP contribution is -2.25. The topological polar surface area (TPSA) is 94.4 Å². The molecule has 0 saturated carbocycles. The second kappa shape index (κ2) is 9.17. The maximum atomic E-state index is 12.8. The minimum absolute atomic E-state index is 0.0993. The monoisotopic (exact) mass is 460 g/mol. The summed E-state index contributed by atoms with van der Waals surface area (Å²) in [5.41, 5.74) is 2.61. The Morgan fingerprint density at radius 1 is 1.18 bits per heavy atom. The minimum Gasteiger partial charge on any atom is -0.493 e. The van der Waals surface area contributed by atoms with Gasteiger partial charge in [0, 0.05) is 36.6 Å². The van der Waals surface area contributed by atoms with Crippen molar-refractivity contribution >= 4 is 17.5 Å². The summed E-state index contributed by atoms with van der Waals surface area (Å²) in [7, 11) is 1.60. The molecule has 0 bridgehead atoms. The van der Waals surface area contributed by atoms with Gasteiger partial charge in [-0.15, -0.1) is 10.2 Å². The Morgan fingerprint density at radius 2 is 1.94 bits per heavy atom. The van der Waals surface area contributed by atoms with E-state index in [-0.39, 0.29) is 18.2 Å². The van der Waals surface area contributed by atoms with Gasteiger partial charge in [0.2, 0.25) is 5.91 Å². The molecule has 176 valence electrons. The predicted octanol–water partition coefficient (Wildman–Crippen LogP) is 3.62. The Kier molecular flexibility index (Phi) is 5.91. The number of nitrogens with one attached hydrogen (secondary N) is 1. The van der Waals surface area contributed by atoms with Crippen LogP contribution in [0, 0.1) is 6.92 Å². The lowest BCUT2D eigenvalue weighted by atomic mass is 9.85. The first-order chi connectivity index (χ1) is 16.6. The highest BCUT2D eigenvalue weighted by atomic mass is 16.5. The van der Waals surface area contributed by atoms with E-state index in [2.05, 4.69) is 27.0 Å². The maximum absolute atomic E-state index is 12.8. The molecule has 34 heavy (non-hydrogen) atoms. The Labute approximate surface area is 198 Å². The highest BCUT2D eigenvalue weighted by Gasteiger charge is 2.35. The van der Waals surface area contributed by atoms with E-state index in [0.717, 1.165) is 35.7 Å². The summed E-state index contributed by atoms with van der Waals surface area (Å²) in [4.78, 5) is 15.1. The number of carbonyl (C=O) groups excluding carboxylic acids is 1. The van der Waals surface area contributed by atoms with Gasteiger partial charge >= 0.3 is 0 Å². The molecule has 0 unspecified atom stereocenters. The summed E-state index contributed by atoms with van der Waals surface area (Å²) >= 11 is 0. The van der Waals surface area contributed by atoms with E-state index in [0.29, 0.717) is 29.7 Å². The van der Waals surface area contributed by atoms with E-state index in [1.807, 2.05) is 37.3 Å². The zero-order valence-electron chi connectivity index (χ0n) is 19.5. The van der Waals surface area contributed by atoms with Crippen molar-refractivity contribution in [3.8, 4) is 17.3 Å². The Balaban J connectivity index is 1.56. The van der Waals surface area contributed by atoms with Gasteiger partial charge in [0.1, 0.15) is 12.4 Å². The van der Waals surface area contributed by atoms with Crippen LogP contribution in [-0.2, 0) is 4.79 Å². The number of para-hydroxylation sites is 1. The SMILES string of the molecule is C=CCOc1c(OC)cccc1[C@H]1CC(=O)Nc2c1c(C)nn2-c1ccc(N2CCCC2)nn1. The van der Waals surface area contributed by atoms with E-state index < -0.39 is 0 Å². The third-order valence-electron chi connectivity index (χ3n) is 6.34. The van der Waals surface area contributed by atoms with Gasteiger partial charge in [0.05, 0.1) is 12.8 Å². The predicted molar refractivity (Wildman–Crippen MR) is 129 cm³/mol. The zero-order chi connectivity index (χ0) is 23.7. The number of anilines is 2. The van der Waals surface area contributed by atoms with E-state index in [9.17, 15) is 4.79 Å². The van der Waals surface area contributed by atoms with Crippen LogP contribution >= 0.6 is 0 Å². The molecule has 3 aromatic rings. The largest absolute Gasteiger partial charge is 0.493 e. The molecular weight excluding hydrogens is 432 g/mol. The van der Waals surface area contributed by atoms with Crippen LogP contribution in [-0.4, -0.2) is 52.7 Å². The van der Waals surface area contributed by atoms with Gasteiger partial charge in [0.15, 0.2) is 23.1 Å². The molecule has 2 aliphatic rings. The number of benzene rings is 1. The average Bonchev–Trinajstić information content (AvgIpc) is 3.51. The fourth-order valence-corrected chi connectivity index (χ4v) is 4.79. The molecule has 9 heteroatoms. The van der Waals surface area contributed by atoms with Crippen LogP contribution in [0.1, 0.15) is 42.0 Å². The average molecular weight is 461 g/mol. The molecule has 1 fully saturated rings. The third-order valence-corrected chi connectivity index (χ3v) is 6.34. The van der Waals surface area contributed by atoms with Crippen molar-refractivity contribution in [1.82, 2.24) is 20.0 Å². The fourth-order valence-electron chi connectivity index (χ4n) is 4.79. The van der Waals surface area contributed by atoms with Gasteiger partial charge in [-0.05, 0) is 38.0 Å². The van der Waals surface area contributed by atoms with Gasteiger partial charge in [-0.3, -0.25) is 4.79 Å². The van der Waals surface area contributed by atoms with Crippen molar-refractivity contribution in [2.45, 2.75) is 32.1 Å². The molecular formula is C25H28N6O3. The molecule has 2 aliphatic heterocycles. The Morgan fingerprint density at radius 3 is 2.65 bits per heavy atom. The quantitative estimate of drug-likeness (QED) is 0.538. The van der Waals surface area contributed by atoms with Crippen LogP contribution in [0.15, 0.2) is 43.0 Å². The lowest BCUT2D eigenvalue weighted by Gasteiger charge is -2.26. The van der Waals surface area contributed by atoms with Gasteiger partial charge < -0.3 is 19.7 Å². The Bertz CT molecular complexity index is 1210. The number of hydrogen-bond acceptors (Lipinski definition) is 7. The summed E-state index contributed by atoms with van der Waals surface area (Å²) in [6.45, 7) is 8.01. The van der Waals surface area contributed by atoms with Gasteiger partial charge in [0.25, 0.3) is 0 Å². The zero-order valence-corrected chi connectivity index (χ0v) is 19.5. The van der Waals surface area contributed by atoms with Crippen molar-refractivity contribution in [2.24, 2.45) is 0 Å². The Hall–Kier alpha value is -3.88. The van der Waals surface area contributed by atoms with Crippen LogP contribution in [0.2, 0.25) is 0 Å². The maximum Gasteiger partial charge on any atom is 0.226 e. The summed E-state index contributed by atoms with van der Waals surface area (Å²) < 4.78 is 13.2. The molecule has 0 aliphatic carbocycles. The summed E-state index contributed by atoms with van der Waals surface area (Å²) in [5, 5.41) is 16.6. The van der Waals surface area contributed by atoms with E-state index in [4.69, 9.17) is 14.6 Å². The molecule has 9 nitrogen and oxygen atoms in total. The number of aryl methyl sites for hydroxylation is 1. The van der Waals surface area contributed by atoms with Crippen LogP contribution in [0.4, 0.5) is 11.6 Å². The van der Waals surface area contributed by atoms with Crippen molar-refractivity contribution < 1.29 is 14.3 Å². The third kappa shape index (κ3) is 3.87. The number of carbonyl (C=O) groups is 1. The standard InChI is InChI=1S/C25H28N6O3/c1-4-14-34-24-17(8-7-9-19(24)33-3)18-15-22(32)26-25-23(18)16(2)29-31(25)21-11-10-20(27-28-21)30-12-5-6-13-30/h4,7-11,18H,1,5-6,12-15H2,2-3H3,(H,26,32)/t18-/m1/s1. The van der Waals surface area contributed by atoms with E-state index in [1.54, 1.807) is 17.9 Å². The van der Waals surface area contributed by atoms with Gasteiger partial charge in [-0.2, -0.15) is 9.78 Å². The number of methoxy groups -OCH3 is 1. The molecule has 0 radical (unpaired) electrons. The number of fused-ring (bicyclic) bond motifs is 1. The van der Waals surface area contributed by atoms with E-state index >= 15 is 0 Å². The van der Waals surface area contributed by atoms with Crippen LogP contribution in [0.5, 0.6) is 11.5 Å². The number of amides is 1. The number of aromatic nitrogens is 4. The smallest absolute Gasteiger partial charge is 0.226 e. The fraction of sp³-hybridized carbons (Fsp3) is 0.360. The number of rotatable bonds is 7. The summed E-state index contributed by atoms with van der Waals surface area (Å²) in [5.74, 6) is 2.91. The molecule has 1 amide bonds. The highest BCUT2D eigenvalue weighted by molar-refractivity contribution is 5.95. The first-order valence-corrected chi connectivity index (χ1v) is 11.5. The van der Waals surface area contributed by atoms with E-state index in [1.165, 1.54) is 12.8 Å². The van der Waals surface area contributed by atoms with Crippen molar-refractivity contribution in [3.63, 3.8) is 0 Å². The number of hydrogen-bond donors (Lipinski definition) is 1. The molecule has 2 aromatic heterocycles. The lowest BCUT2D eigenvalue weighted by molar-refractivity contribution is -0.116. The summed E-state index contributed by atoms with van der Waals surface area (Å²) in [6.07, 6.45) is 4.30. The van der Waals surface area contributed by atoms with Crippen molar-refractivity contribution in [3.05, 3.63) is 59.8 Å². The molecule has 4 heterocycles. The minimum atomic E-state index is -0.246. The van der Waals surface area contributed by atoms with Crippen LogP contribution in [0.3, 0.4) is 0 Å². The molecule has 1 aromatic carbocycles. The van der Waals surface area contributed by atoms with Gasteiger partial charge in [-0.25, -0.2) is 0 Å². The van der Waals surface area contributed by atoms with Gasteiger partial charge in [-0.1, -0.05) is 24.8 Å². The van der Waals surface area contributed by atoms with Crippen molar-refractivity contribution in [2.75, 3.05) is 37.0 Å². The molecule has 1 atom stereocenters. The molecule has 1 N–H and O–H groups in total. The summed E-state index contributed by atoms with van der Waals surface area (Å²) in [6, 6.07) is 9.58. The molecule has 0 spiro atoms. The highest BCUT2D eigenvalue weighted by Crippen LogP contribution is 2.45. The van der Waals surface area contributed by atoms with Crippen LogP contribution in [0.25, 0.3) is 5.82 Å². The molecule has 5 rings (SSSR count). The normalized spacial score (nSPS) is 17.3. The number of nitrogens with zero attached hydrogens (tertiary/aromatic N) is 5. The van der Waals surface area contributed by atoms with Crippen LogP contribution < -0.4 is 19.7 Å². The second-order valence-corrected chi connectivity index (χ2v) is 8.49. The second-order valence-electron chi connectivity index (χ2n) is 8.49. The first-order valence-electron chi connectivity index (χ1n) is 11.5.